The highest BCUT2D eigenvalue weighted by molar-refractivity contribution is 7.91. The number of sulfone groups is 1. The Bertz CT molecular complexity index is 562. The molecule has 0 aliphatic carbocycles. The average molecular weight is 308 g/mol. The smallest absolute Gasteiger partial charge is 0.151 e. The maximum Gasteiger partial charge on any atom is 0.151 e. The van der Waals surface area contributed by atoms with Gasteiger partial charge in [0.25, 0.3) is 0 Å². The molecule has 0 amide bonds. The van der Waals surface area contributed by atoms with Crippen molar-refractivity contribution >= 4 is 15.5 Å². The fourth-order valence-electron chi connectivity index (χ4n) is 3.19. The Labute approximate surface area is 127 Å². The van der Waals surface area contributed by atoms with Crippen LogP contribution in [0.25, 0.3) is 0 Å². The first-order valence-electron chi connectivity index (χ1n) is 7.90. The Morgan fingerprint density at radius 3 is 2.43 bits per heavy atom. The molecule has 3 rings (SSSR count). The van der Waals surface area contributed by atoms with Gasteiger partial charge in [-0.25, -0.2) is 8.42 Å². The molecule has 0 bridgehead atoms. The number of piperidine rings is 1. The fourth-order valence-corrected chi connectivity index (χ4v) is 4.90. The molecule has 2 saturated heterocycles. The second-order valence-electron chi connectivity index (χ2n) is 6.20. The first-order valence-corrected chi connectivity index (χ1v) is 9.72. The van der Waals surface area contributed by atoms with Gasteiger partial charge in [-0.2, -0.15) is 0 Å². The van der Waals surface area contributed by atoms with Crippen LogP contribution < -0.4 is 10.2 Å². The molecule has 4 nitrogen and oxygen atoms in total. The molecule has 1 N–H and O–H groups in total. The van der Waals surface area contributed by atoms with Crippen LogP contribution in [0.3, 0.4) is 0 Å². The fraction of sp³-hybridized carbons (Fsp3) is 0.625. The number of anilines is 1. The predicted molar refractivity (Wildman–Crippen MR) is 86.4 cm³/mol. The molecule has 2 aliphatic heterocycles. The monoisotopic (exact) mass is 308 g/mol. The maximum absolute atomic E-state index is 11.4. The highest BCUT2D eigenvalue weighted by Crippen LogP contribution is 2.20. The summed E-state index contributed by atoms with van der Waals surface area (Å²) in [5, 5.41) is 3.36. The van der Waals surface area contributed by atoms with Crippen molar-refractivity contribution in [3.63, 3.8) is 0 Å². The van der Waals surface area contributed by atoms with E-state index in [1.807, 2.05) is 0 Å². The van der Waals surface area contributed by atoms with E-state index in [2.05, 4.69) is 34.5 Å². The van der Waals surface area contributed by atoms with Gasteiger partial charge in [0.05, 0.1) is 11.5 Å². The van der Waals surface area contributed by atoms with Gasteiger partial charge < -0.3 is 10.2 Å². The van der Waals surface area contributed by atoms with E-state index >= 15 is 0 Å². The summed E-state index contributed by atoms with van der Waals surface area (Å²) in [6.45, 7) is 3.08. The maximum atomic E-state index is 11.4. The quantitative estimate of drug-likeness (QED) is 0.924. The average Bonchev–Trinajstić information content (AvgIpc) is 2.86. The molecular formula is C16H24N2O2S. The van der Waals surface area contributed by atoms with Gasteiger partial charge in [0, 0.05) is 31.4 Å². The Morgan fingerprint density at radius 1 is 1.10 bits per heavy atom. The van der Waals surface area contributed by atoms with Crippen LogP contribution in [-0.2, 0) is 16.4 Å². The van der Waals surface area contributed by atoms with E-state index in [-0.39, 0.29) is 6.04 Å². The molecule has 1 aromatic rings. The van der Waals surface area contributed by atoms with Gasteiger partial charge in [-0.15, -0.1) is 0 Å². The summed E-state index contributed by atoms with van der Waals surface area (Å²) < 4.78 is 22.9. The summed E-state index contributed by atoms with van der Waals surface area (Å²) in [5.74, 6) is 0.622. The lowest BCUT2D eigenvalue weighted by Gasteiger charge is -2.28. The molecule has 2 fully saturated rings. The number of rotatable bonds is 4. The third-order valence-corrected chi connectivity index (χ3v) is 6.25. The van der Waals surface area contributed by atoms with Crippen LogP contribution in [0, 0.1) is 0 Å². The van der Waals surface area contributed by atoms with Crippen LogP contribution >= 0.6 is 0 Å². The van der Waals surface area contributed by atoms with Gasteiger partial charge in [-0.1, -0.05) is 12.1 Å². The molecule has 0 aromatic heterocycles. The molecular weight excluding hydrogens is 284 g/mol. The third kappa shape index (κ3) is 3.98. The summed E-state index contributed by atoms with van der Waals surface area (Å²) in [7, 11) is -2.79. The van der Waals surface area contributed by atoms with Gasteiger partial charge in [0.2, 0.25) is 0 Å². The Balaban J connectivity index is 1.52. The van der Waals surface area contributed by atoms with Gasteiger partial charge >= 0.3 is 0 Å². The summed E-state index contributed by atoms with van der Waals surface area (Å²) in [5.41, 5.74) is 2.53. The van der Waals surface area contributed by atoms with Crippen molar-refractivity contribution in [3.8, 4) is 0 Å². The molecule has 2 aliphatic rings. The molecule has 0 spiro atoms. The number of hydrogen-bond acceptors (Lipinski definition) is 4. The van der Waals surface area contributed by atoms with Crippen molar-refractivity contribution < 1.29 is 8.42 Å². The van der Waals surface area contributed by atoms with Gasteiger partial charge in [-0.3, -0.25) is 0 Å². The topological polar surface area (TPSA) is 49.4 Å². The van der Waals surface area contributed by atoms with Crippen molar-refractivity contribution in [2.24, 2.45) is 0 Å². The van der Waals surface area contributed by atoms with Crippen LogP contribution in [0.4, 0.5) is 5.69 Å². The zero-order valence-corrected chi connectivity index (χ0v) is 13.2. The van der Waals surface area contributed by atoms with Crippen LogP contribution in [0.15, 0.2) is 24.3 Å². The van der Waals surface area contributed by atoms with E-state index in [0.717, 1.165) is 26.1 Å². The molecule has 1 atom stereocenters. The van der Waals surface area contributed by atoms with Gasteiger partial charge in [0.15, 0.2) is 9.84 Å². The zero-order chi connectivity index (χ0) is 14.7. The lowest BCUT2D eigenvalue weighted by molar-refractivity contribution is 0.554. The zero-order valence-electron chi connectivity index (χ0n) is 12.4. The highest BCUT2D eigenvalue weighted by Gasteiger charge is 2.27. The van der Waals surface area contributed by atoms with E-state index in [9.17, 15) is 8.42 Å². The van der Waals surface area contributed by atoms with E-state index < -0.39 is 9.84 Å². The molecule has 5 heteroatoms. The van der Waals surface area contributed by atoms with E-state index in [0.29, 0.717) is 11.5 Å². The van der Waals surface area contributed by atoms with Crippen LogP contribution in [0.1, 0.15) is 31.2 Å². The molecule has 21 heavy (non-hydrogen) atoms. The Kier molecular flexibility index (Phi) is 4.50. The number of nitrogens with zero attached hydrogens (tertiary/aromatic N) is 1. The number of nitrogens with one attached hydrogen (secondary N) is 1. The van der Waals surface area contributed by atoms with E-state index in [1.54, 1.807) is 0 Å². The standard InChI is InChI=1S/C16H24N2O2S/c19-21(20)11-8-15(13-21)17-12-14-4-6-16(7-5-14)18-9-2-1-3-10-18/h4-7,15,17H,1-3,8-13H2/t15-/m1/s1. The summed E-state index contributed by atoms with van der Waals surface area (Å²) >= 11 is 0. The summed E-state index contributed by atoms with van der Waals surface area (Å²) in [4.78, 5) is 2.45. The van der Waals surface area contributed by atoms with Crippen molar-refractivity contribution in [3.05, 3.63) is 29.8 Å². The SMILES string of the molecule is O=S1(=O)CC[C@@H](NCc2ccc(N3CCCCC3)cc2)C1. The second-order valence-corrected chi connectivity index (χ2v) is 8.42. The van der Waals surface area contributed by atoms with Gasteiger partial charge in [0.1, 0.15) is 0 Å². The number of hydrogen-bond donors (Lipinski definition) is 1. The van der Waals surface area contributed by atoms with E-state index in [4.69, 9.17) is 0 Å². The van der Waals surface area contributed by atoms with E-state index in [1.165, 1.54) is 30.5 Å². The first-order chi connectivity index (χ1) is 10.1. The molecule has 0 radical (unpaired) electrons. The van der Waals surface area contributed by atoms with Crippen molar-refractivity contribution in [2.45, 2.75) is 38.3 Å². The van der Waals surface area contributed by atoms with Crippen LogP contribution in [0.2, 0.25) is 0 Å². The summed E-state index contributed by atoms with van der Waals surface area (Å²) in [6.07, 6.45) is 4.68. The van der Waals surface area contributed by atoms with Crippen LogP contribution in [0.5, 0.6) is 0 Å². The lowest BCUT2D eigenvalue weighted by Crippen LogP contribution is -2.30. The third-order valence-electron chi connectivity index (χ3n) is 4.48. The highest BCUT2D eigenvalue weighted by atomic mass is 32.2. The first kappa shape index (κ1) is 14.9. The molecule has 0 unspecified atom stereocenters. The summed E-state index contributed by atoms with van der Waals surface area (Å²) in [6, 6.07) is 8.80. The largest absolute Gasteiger partial charge is 0.372 e. The Morgan fingerprint density at radius 2 is 1.81 bits per heavy atom. The van der Waals surface area contributed by atoms with Gasteiger partial charge in [-0.05, 0) is 43.4 Å². The van der Waals surface area contributed by atoms with Crippen molar-refractivity contribution in [1.82, 2.24) is 5.32 Å². The van der Waals surface area contributed by atoms with Crippen molar-refractivity contribution in [1.29, 1.82) is 0 Å². The second kappa shape index (κ2) is 6.36. The van der Waals surface area contributed by atoms with Crippen LogP contribution in [-0.4, -0.2) is 39.1 Å². The predicted octanol–water partition coefficient (Wildman–Crippen LogP) is 1.95. The Hall–Kier alpha value is -1.07. The minimum atomic E-state index is -2.79. The van der Waals surface area contributed by atoms with Crippen molar-refractivity contribution in [2.75, 3.05) is 29.5 Å². The molecule has 1 aromatic carbocycles. The normalized spacial score (nSPS) is 25.1. The molecule has 0 saturated carbocycles. The number of benzene rings is 1. The minimum absolute atomic E-state index is 0.122. The minimum Gasteiger partial charge on any atom is -0.372 e. The molecule has 116 valence electrons. The molecule has 2 heterocycles. The lowest BCUT2D eigenvalue weighted by atomic mass is 10.1.